The molecule has 3 rings (SSSR count). The Morgan fingerprint density at radius 3 is 2.68 bits per heavy atom. The molecular formula is C16H18F2N2OS. The Balaban J connectivity index is 1.71. The van der Waals surface area contributed by atoms with Crippen molar-refractivity contribution in [3.05, 3.63) is 52.0 Å². The maximum Gasteiger partial charge on any atom is 0.159 e. The summed E-state index contributed by atoms with van der Waals surface area (Å²) in [6.07, 6.45) is 5.10. The van der Waals surface area contributed by atoms with Crippen LogP contribution in [0, 0.1) is 11.6 Å². The van der Waals surface area contributed by atoms with Gasteiger partial charge >= 0.3 is 0 Å². The molecule has 0 bridgehead atoms. The van der Waals surface area contributed by atoms with Gasteiger partial charge in [0.15, 0.2) is 11.6 Å². The average molecular weight is 324 g/mol. The average Bonchev–Trinajstić information content (AvgIpc) is 3.19. The molecule has 0 aliphatic heterocycles. The number of aliphatic hydroxyl groups excluding tert-OH is 1. The molecule has 1 aliphatic rings. The highest BCUT2D eigenvalue weighted by Gasteiger charge is 2.37. The maximum atomic E-state index is 13.3. The van der Waals surface area contributed by atoms with E-state index >= 15 is 0 Å². The molecule has 22 heavy (non-hydrogen) atoms. The van der Waals surface area contributed by atoms with Gasteiger partial charge in [-0.2, -0.15) is 0 Å². The van der Waals surface area contributed by atoms with E-state index in [0.29, 0.717) is 5.56 Å². The number of thiazole rings is 1. The van der Waals surface area contributed by atoms with E-state index in [1.807, 2.05) is 5.38 Å². The van der Waals surface area contributed by atoms with Crippen LogP contribution in [0.2, 0.25) is 0 Å². The van der Waals surface area contributed by atoms with Crippen LogP contribution in [0.25, 0.3) is 0 Å². The van der Waals surface area contributed by atoms with Crippen LogP contribution < -0.4 is 5.32 Å². The van der Waals surface area contributed by atoms with Gasteiger partial charge in [-0.15, -0.1) is 11.3 Å². The van der Waals surface area contributed by atoms with Gasteiger partial charge in [0.05, 0.1) is 11.6 Å². The molecule has 1 fully saturated rings. The van der Waals surface area contributed by atoms with E-state index in [4.69, 9.17) is 0 Å². The van der Waals surface area contributed by atoms with Gasteiger partial charge in [-0.3, -0.25) is 0 Å². The van der Waals surface area contributed by atoms with Crippen LogP contribution in [0.5, 0.6) is 0 Å². The van der Waals surface area contributed by atoms with Crippen LogP contribution in [-0.2, 0) is 5.54 Å². The first-order valence-electron chi connectivity index (χ1n) is 7.39. The van der Waals surface area contributed by atoms with Crippen molar-refractivity contribution in [1.82, 2.24) is 10.3 Å². The van der Waals surface area contributed by atoms with Crippen molar-refractivity contribution in [2.24, 2.45) is 0 Å². The van der Waals surface area contributed by atoms with E-state index in [2.05, 4.69) is 10.3 Å². The summed E-state index contributed by atoms with van der Waals surface area (Å²) in [5, 5.41) is 16.6. The zero-order chi connectivity index (χ0) is 15.6. The third-order valence-corrected chi connectivity index (χ3v) is 5.24. The van der Waals surface area contributed by atoms with Crippen molar-refractivity contribution in [1.29, 1.82) is 0 Å². The number of nitrogens with one attached hydrogen (secondary N) is 1. The van der Waals surface area contributed by atoms with Crippen LogP contribution in [0.4, 0.5) is 8.78 Å². The molecule has 2 aromatic rings. The molecule has 1 atom stereocenters. The summed E-state index contributed by atoms with van der Waals surface area (Å²) >= 11 is 1.61. The molecule has 3 nitrogen and oxygen atoms in total. The minimum atomic E-state index is -0.938. The van der Waals surface area contributed by atoms with Gasteiger partial charge < -0.3 is 10.4 Å². The highest BCUT2D eigenvalue weighted by molar-refractivity contribution is 7.09. The van der Waals surface area contributed by atoms with Crippen LogP contribution in [0.3, 0.4) is 0 Å². The van der Waals surface area contributed by atoms with E-state index in [0.717, 1.165) is 42.8 Å². The second-order valence-corrected chi connectivity index (χ2v) is 6.59. The summed E-state index contributed by atoms with van der Waals surface area (Å²) in [6, 6.07) is 3.50. The third-order valence-electron chi connectivity index (χ3n) is 4.26. The zero-order valence-corrected chi connectivity index (χ0v) is 12.9. The summed E-state index contributed by atoms with van der Waals surface area (Å²) in [7, 11) is 0. The van der Waals surface area contributed by atoms with Crippen molar-refractivity contribution >= 4 is 11.3 Å². The normalized spacial score (nSPS) is 18.5. The first-order chi connectivity index (χ1) is 10.6. The van der Waals surface area contributed by atoms with E-state index < -0.39 is 17.7 Å². The van der Waals surface area contributed by atoms with Gasteiger partial charge in [0.2, 0.25) is 0 Å². The predicted octanol–water partition coefficient (Wildman–Crippen LogP) is 3.51. The van der Waals surface area contributed by atoms with Gasteiger partial charge in [-0.25, -0.2) is 13.8 Å². The molecule has 1 aliphatic carbocycles. The summed E-state index contributed by atoms with van der Waals surface area (Å²) < 4.78 is 26.2. The number of halogens is 2. The lowest BCUT2D eigenvalue weighted by molar-refractivity contribution is 0.155. The fourth-order valence-corrected chi connectivity index (χ4v) is 3.91. The third kappa shape index (κ3) is 3.04. The van der Waals surface area contributed by atoms with E-state index in [1.54, 1.807) is 17.5 Å². The van der Waals surface area contributed by atoms with Gasteiger partial charge in [0.25, 0.3) is 0 Å². The number of rotatable bonds is 5. The molecule has 0 spiro atoms. The zero-order valence-electron chi connectivity index (χ0n) is 12.1. The van der Waals surface area contributed by atoms with E-state index in [1.165, 1.54) is 6.07 Å². The number of nitrogens with zero attached hydrogens (tertiary/aromatic N) is 1. The highest BCUT2D eigenvalue weighted by Crippen LogP contribution is 2.39. The van der Waals surface area contributed by atoms with Crippen molar-refractivity contribution < 1.29 is 13.9 Å². The Morgan fingerprint density at radius 2 is 2.05 bits per heavy atom. The molecule has 118 valence electrons. The second kappa shape index (κ2) is 6.40. The first kappa shape index (κ1) is 15.5. The molecule has 1 aromatic heterocycles. The Labute approximate surface area is 132 Å². The van der Waals surface area contributed by atoms with Crippen LogP contribution in [0.1, 0.15) is 42.4 Å². The fourth-order valence-electron chi connectivity index (χ4n) is 3.03. The number of aliphatic hydroxyl groups is 1. The number of hydrogen-bond acceptors (Lipinski definition) is 4. The van der Waals surface area contributed by atoms with E-state index in [-0.39, 0.29) is 12.1 Å². The topological polar surface area (TPSA) is 45.1 Å². The second-order valence-electron chi connectivity index (χ2n) is 5.70. The van der Waals surface area contributed by atoms with Crippen LogP contribution in [-0.4, -0.2) is 16.6 Å². The smallest absolute Gasteiger partial charge is 0.159 e. The number of hydrogen-bond donors (Lipinski definition) is 2. The van der Waals surface area contributed by atoms with Crippen molar-refractivity contribution in [3.63, 3.8) is 0 Å². The van der Waals surface area contributed by atoms with Gasteiger partial charge in [0, 0.05) is 18.1 Å². The molecule has 2 N–H and O–H groups in total. The largest absolute Gasteiger partial charge is 0.387 e. The summed E-state index contributed by atoms with van der Waals surface area (Å²) in [6.45, 7) is 0.282. The summed E-state index contributed by atoms with van der Waals surface area (Å²) in [5.41, 5.74) is 0.173. The highest BCUT2D eigenvalue weighted by atomic mass is 32.1. The molecular weight excluding hydrogens is 306 g/mol. The van der Waals surface area contributed by atoms with Gasteiger partial charge in [0.1, 0.15) is 5.01 Å². The van der Waals surface area contributed by atoms with Crippen molar-refractivity contribution in [2.75, 3.05) is 6.54 Å². The molecule has 1 heterocycles. The first-order valence-corrected chi connectivity index (χ1v) is 8.27. The quantitative estimate of drug-likeness (QED) is 0.884. The molecule has 6 heteroatoms. The summed E-state index contributed by atoms with van der Waals surface area (Å²) in [5.74, 6) is -1.84. The van der Waals surface area contributed by atoms with Crippen LogP contribution >= 0.6 is 11.3 Å². The predicted molar refractivity (Wildman–Crippen MR) is 81.6 cm³/mol. The van der Waals surface area contributed by atoms with Crippen LogP contribution in [0.15, 0.2) is 29.8 Å². The molecule has 0 amide bonds. The SMILES string of the molecule is OC(CNC1(c2nccs2)CCCC1)c1ccc(F)c(F)c1. The van der Waals surface area contributed by atoms with Crippen molar-refractivity contribution in [2.45, 2.75) is 37.3 Å². The fraction of sp³-hybridized carbons (Fsp3) is 0.438. The van der Waals surface area contributed by atoms with E-state index in [9.17, 15) is 13.9 Å². The molecule has 0 saturated heterocycles. The van der Waals surface area contributed by atoms with Crippen molar-refractivity contribution in [3.8, 4) is 0 Å². The Hall–Kier alpha value is -1.37. The monoisotopic (exact) mass is 324 g/mol. The van der Waals surface area contributed by atoms with Gasteiger partial charge in [-0.05, 0) is 30.5 Å². The standard InChI is InChI=1S/C16H18F2N2OS/c17-12-4-3-11(9-13(12)18)14(21)10-20-16(5-1-2-6-16)15-19-7-8-22-15/h3-4,7-9,14,20-21H,1-2,5-6,10H2. The molecule has 1 saturated carbocycles. The Bertz CT molecular complexity index is 627. The Morgan fingerprint density at radius 1 is 1.27 bits per heavy atom. The lowest BCUT2D eigenvalue weighted by Gasteiger charge is -2.29. The molecule has 0 radical (unpaired) electrons. The number of aromatic nitrogens is 1. The Kier molecular flexibility index (Phi) is 4.52. The minimum Gasteiger partial charge on any atom is -0.387 e. The van der Waals surface area contributed by atoms with Gasteiger partial charge in [-0.1, -0.05) is 18.9 Å². The molecule has 1 unspecified atom stereocenters. The summed E-state index contributed by atoms with van der Waals surface area (Å²) in [4.78, 5) is 4.41. The maximum absolute atomic E-state index is 13.3. The molecule has 1 aromatic carbocycles. The minimum absolute atomic E-state index is 0.201. The lowest BCUT2D eigenvalue weighted by Crippen LogP contribution is -2.42. The number of benzene rings is 1. The lowest BCUT2D eigenvalue weighted by atomic mass is 9.97.